The quantitative estimate of drug-likeness (QED) is 0.626. The standard InChI is InChI=1S/C22H27F3N4O3S/c1-14(15-5-7-16(8-6-15)19(26)33(2,31)32)21(30)27-13-17-9-10-18(22(23,24)25)28-20(17)29-11-3-4-12-29/h5-10,14,19H,3-4,11-13,26H2,1-2H3,(H,27,30). The predicted octanol–water partition coefficient (Wildman–Crippen LogP) is 3.12. The molecule has 180 valence electrons. The predicted molar refractivity (Wildman–Crippen MR) is 119 cm³/mol. The first kappa shape index (κ1) is 25.0. The van der Waals surface area contributed by atoms with Gasteiger partial charge in [0, 0.05) is 31.5 Å². The molecule has 0 aliphatic carbocycles. The van der Waals surface area contributed by atoms with Crippen molar-refractivity contribution in [1.82, 2.24) is 10.3 Å². The van der Waals surface area contributed by atoms with E-state index in [0.717, 1.165) is 25.2 Å². The highest BCUT2D eigenvalue weighted by Crippen LogP contribution is 2.32. The minimum Gasteiger partial charge on any atom is -0.356 e. The van der Waals surface area contributed by atoms with Crippen LogP contribution in [0.25, 0.3) is 0 Å². The molecule has 2 heterocycles. The van der Waals surface area contributed by atoms with Crippen molar-refractivity contribution in [3.8, 4) is 0 Å². The van der Waals surface area contributed by atoms with Crippen LogP contribution in [0, 0.1) is 0 Å². The van der Waals surface area contributed by atoms with Gasteiger partial charge in [0.2, 0.25) is 5.91 Å². The Morgan fingerprint density at radius 1 is 1.12 bits per heavy atom. The summed E-state index contributed by atoms with van der Waals surface area (Å²) >= 11 is 0. The van der Waals surface area contributed by atoms with Gasteiger partial charge < -0.3 is 16.0 Å². The van der Waals surface area contributed by atoms with Crippen molar-refractivity contribution in [2.75, 3.05) is 24.2 Å². The summed E-state index contributed by atoms with van der Waals surface area (Å²) in [6.45, 7) is 2.96. The molecule has 33 heavy (non-hydrogen) atoms. The van der Waals surface area contributed by atoms with Gasteiger partial charge in [0.15, 0.2) is 9.84 Å². The van der Waals surface area contributed by atoms with Crippen LogP contribution in [-0.4, -0.2) is 38.7 Å². The maximum absolute atomic E-state index is 13.1. The third-order valence-electron chi connectivity index (χ3n) is 5.72. The van der Waals surface area contributed by atoms with Crippen molar-refractivity contribution in [2.45, 2.75) is 43.8 Å². The normalized spacial score (nSPS) is 16.5. The summed E-state index contributed by atoms with van der Waals surface area (Å²) in [4.78, 5) is 18.4. The summed E-state index contributed by atoms with van der Waals surface area (Å²) in [6, 6.07) is 8.69. The van der Waals surface area contributed by atoms with E-state index in [9.17, 15) is 26.4 Å². The zero-order valence-corrected chi connectivity index (χ0v) is 19.2. The lowest BCUT2D eigenvalue weighted by Crippen LogP contribution is -2.30. The molecule has 1 fully saturated rings. The fraction of sp³-hybridized carbons (Fsp3) is 0.455. The van der Waals surface area contributed by atoms with Crippen LogP contribution < -0.4 is 16.0 Å². The third-order valence-corrected chi connectivity index (χ3v) is 6.92. The summed E-state index contributed by atoms with van der Waals surface area (Å²) in [5.74, 6) is -0.636. The van der Waals surface area contributed by atoms with Crippen LogP contribution in [-0.2, 0) is 27.4 Å². The molecule has 1 aliphatic rings. The molecule has 0 radical (unpaired) electrons. The smallest absolute Gasteiger partial charge is 0.356 e. The molecule has 2 atom stereocenters. The van der Waals surface area contributed by atoms with E-state index in [2.05, 4.69) is 10.3 Å². The summed E-state index contributed by atoms with van der Waals surface area (Å²) in [5.41, 5.74) is 6.35. The largest absolute Gasteiger partial charge is 0.433 e. The number of pyridine rings is 1. The Hall–Kier alpha value is -2.66. The number of carbonyl (C=O) groups excluding carboxylic acids is 1. The molecule has 7 nitrogen and oxygen atoms in total. The molecule has 3 rings (SSSR count). The number of nitrogens with two attached hydrogens (primary N) is 1. The highest BCUT2D eigenvalue weighted by atomic mass is 32.2. The lowest BCUT2D eigenvalue weighted by atomic mass is 9.99. The number of hydrogen-bond donors (Lipinski definition) is 2. The van der Waals surface area contributed by atoms with E-state index in [4.69, 9.17) is 5.73 Å². The number of rotatable bonds is 7. The molecule has 0 spiro atoms. The monoisotopic (exact) mass is 484 g/mol. The number of benzene rings is 1. The molecule has 1 aliphatic heterocycles. The van der Waals surface area contributed by atoms with E-state index in [1.807, 2.05) is 4.90 Å². The van der Waals surface area contributed by atoms with Crippen molar-refractivity contribution >= 4 is 21.6 Å². The van der Waals surface area contributed by atoms with Gasteiger partial charge in [-0.15, -0.1) is 0 Å². The number of alkyl halides is 3. The van der Waals surface area contributed by atoms with Gasteiger partial charge in [-0.1, -0.05) is 30.3 Å². The lowest BCUT2D eigenvalue weighted by molar-refractivity contribution is -0.141. The van der Waals surface area contributed by atoms with Gasteiger partial charge in [-0.3, -0.25) is 4.79 Å². The SMILES string of the molecule is CC(C(=O)NCc1ccc(C(F)(F)F)nc1N1CCCC1)c1ccc(C(N)S(C)(=O)=O)cc1. The van der Waals surface area contributed by atoms with Crippen molar-refractivity contribution in [3.05, 3.63) is 58.8 Å². The molecular weight excluding hydrogens is 457 g/mol. The topological polar surface area (TPSA) is 105 Å². The van der Waals surface area contributed by atoms with E-state index >= 15 is 0 Å². The van der Waals surface area contributed by atoms with Gasteiger partial charge in [0.05, 0.1) is 5.92 Å². The molecule has 0 bridgehead atoms. The average Bonchev–Trinajstić information content (AvgIpc) is 3.30. The summed E-state index contributed by atoms with van der Waals surface area (Å²) < 4.78 is 62.7. The highest BCUT2D eigenvalue weighted by molar-refractivity contribution is 7.90. The van der Waals surface area contributed by atoms with Crippen molar-refractivity contribution in [1.29, 1.82) is 0 Å². The Balaban J connectivity index is 1.72. The van der Waals surface area contributed by atoms with Crippen molar-refractivity contribution in [3.63, 3.8) is 0 Å². The Morgan fingerprint density at radius 3 is 2.24 bits per heavy atom. The first-order valence-electron chi connectivity index (χ1n) is 10.5. The molecule has 3 N–H and O–H groups in total. The highest BCUT2D eigenvalue weighted by Gasteiger charge is 2.34. The maximum atomic E-state index is 13.1. The third kappa shape index (κ3) is 6.02. The fourth-order valence-corrected chi connectivity index (χ4v) is 4.34. The van der Waals surface area contributed by atoms with E-state index in [1.165, 1.54) is 6.07 Å². The lowest BCUT2D eigenvalue weighted by Gasteiger charge is -2.22. The summed E-state index contributed by atoms with van der Waals surface area (Å²) in [6.07, 6.45) is -1.75. The molecule has 1 aromatic carbocycles. The second-order valence-electron chi connectivity index (χ2n) is 8.23. The first-order valence-corrected chi connectivity index (χ1v) is 12.5. The Morgan fingerprint density at radius 2 is 1.70 bits per heavy atom. The minimum atomic E-state index is -4.55. The number of sulfone groups is 1. The Kier molecular flexibility index (Phi) is 7.32. The average molecular weight is 485 g/mol. The minimum absolute atomic E-state index is 0.0389. The second-order valence-corrected chi connectivity index (χ2v) is 10.4. The van der Waals surface area contributed by atoms with Crippen LogP contribution in [0.5, 0.6) is 0 Å². The molecule has 1 aromatic heterocycles. The number of halogens is 3. The number of hydrogen-bond acceptors (Lipinski definition) is 6. The van der Waals surface area contributed by atoms with Crippen molar-refractivity contribution < 1.29 is 26.4 Å². The van der Waals surface area contributed by atoms with Crippen LogP contribution >= 0.6 is 0 Å². The maximum Gasteiger partial charge on any atom is 0.433 e. The van der Waals surface area contributed by atoms with Crippen LogP contribution in [0.3, 0.4) is 0 Å². The van der Waals surface area contributed by atoms with E-state index < -0.39 is 33.0 Å². The summed E-state index contributed by atoms with van der Waals surface area (Å²) in [5, 5.41) is 1.63. The van der Waals surface area contributed by atoms with Gasteiger partial charge in [-0.25, -0.2) is 13.4 Å². The van der Waals surface area contributed by atoms with Gasteiger partial charge in [0.1, 0.15) is 16.9 Å². The van der Waals surface area contributed by atoms with E-state index in [1.54, 1.807) is 31.2 Å². The summed E-state index contributed by atoms with van der Waals surface area (Å²) in [7, 11) is -3.45. The van der Waals surface area contributed by atoms with E-state index in [0.29, 0.717) is 29.8 Å². The molecule has 11 heteroatoms. The van der Waals surface area contributed by atoms with Crippen molar-refractivity contribution in [2.24, 2.45) is 5.73 Å². The molecule has 1 saturated heterocycles. The number of aromatic nitrogens is 1. The molecule has 1 amide bonds. The Labute approximate surface area is 191 Å². The number of carbonyl (C=O) groups is 1. The zero-order chi connectivity index (χ0) is 24.4. The number of nitrogens with one attached hydrogen (secondary N) is 1. The molecule has 0 saturated carbocycles. The Bertz CT molecular complexity index is 1100. The van der Waals surface area contributed by atoms with Crippen LogP contribution in [0.2, 0.25) is 0 Å². The van der Waals surface area contributed by atoms with Gasteiger partial charge in [0.25, 0.3) is 0 Å². The van der Waals surface area contributed by atoms with Crippen LogP contribution in [0.15, 0.2) is 36.4 Å². The van der Waals surface area contributed by atoms with Gasteiger partial charge >= 0.3 is 6.18 Å². The number of nitrogens with zero attached hydrogens (tertiary/aromatic N) is 2. The van der Waals surface area contributed by atoms with Gasteiger partial charge in [-0.05, 0) is 37.0 Å². The van der Waals surface area contributed by atoms with Crippen LogP contribution in [0.1, 0.15) is 53.4 Å². The molecule has 2 unspecified atom stereocenters. The van der Waals surface area contributed by atoms with E-state index in [-0.39, 0.29) is 18.3 Å². The molecule has 2 aromatic rings. The van der Waals surface area contributed by atoms with Gasteiger partial charge in [-0.2, -0.15) is 13.2 Å². The van der Waals surface area contributed by atoms with Crippen LogP contribution in [0.4, 0.5) is 19.0 Å². The fourth-order valence-electron chi connectivity index (χ4n) is 3.68. The first-order chi connectivity index (χ1) is 15.4. The second kappa shape index (κ2) is 9.68. The number of anilines is 1. The number of amides is 1. The molecular formula is C22H27F3N4O3S. The zero-order valence-electron chi connectivity index (χ0n) is 18.4.